The average molecular weight is 1080 g/mol. The van der Waals surface area contributed by atoms with Gasteiger partial charge in [0.15, 0.2) is 0 Å². The highest BCUT2D eigenvalue weighted by molar-refractivity contribution is 7.28. The summed E-state index contributed by atoms with van der Waals surface area (Å²) in [4.78, 5) is 0. The van der Waals surface area contributed by atoms with E-state index in [1.54, 1.807) is 0 Å². The summed E-state index contributed by atoms with van der Waals surface area (Å²) in [6.45, 7) is 13.7. The van der Waals surface area contributed by atoms with Gasteiger partial charge in [-0.2, -0.15) is 0 Å². The van der Waals surface area contributed by atoms with Crippen molar-refractivity contribution in [3.05, 3.63) is 223 Å². The van der Waals surface area contributed by atoms with E-state index in [2.05, 4.69) is 263 Å². The first-order valence-electron chi connectivity index (χ1n) is 28.2. The Labute approximate surface area is 477 Å². The zero-order chi connectivity index (χ0) is 54.2. The lowest BCUT2D eigenvalue weighted by atomic mass is 9.35. The second kappa shape index (κ2) is 16.8. The molecule has 17 rings (SSSR count). The molecule has 0 bridgehead atoms. The van der Waals surface area contributed by atoms with E-state index in [-0.39, 0.29) is 17.5 Å². The molecule has 0 aliphatic carbocycles. The van der Waals surface area contributed by atoms with Gasteiger partial charge in [-0.1, -0.05) is 169 Å². The topological polar surface area (TPSA) is 28.3 Å². The van der Waals surface area contributed by atoms with Crippen molar-refractivity contribution in [2.75, 3.05) is 0 Å². The van der Waals surface area contributed by atoms with Crippen LogP contribution < -0.4 is 25.9 Å². The SMILES string of the molecule is CC(C)(C)c1ccc2c(c1)c1cc(C(C)(C)C)ccc1n2-c1ccc2c(c1)Oc1cc(-c3cccc4c3sc3cc(-c5ccccc5)c5sc6ccccc6c5c34)cc3c1B2c1ccc(-n2c4ccccc4c4ccccc42)cc1O3. The molecule has 2 aliphatic rings. The zero-order valence-electron chi connectivity index (χ0n) is 45.8. The van der Waals surface area contributed by atoms with E-state index in [1.807, 2.05) is 22.7 Å². The Morgan fingerprint density at radius 3 is 1.47 bits per heavy atom. The van der Waals surface area contributed by atoms with Crippen LogP contribution in [0.25, 0.3) is 118 Å². The van der Waals surface area contributed by atoms with Crippen molar-refractivity contribution < 1.29 is 9.47 Å². The molecule has 0 radical (unpaired) electrons. The fourth-order valence-electron chi connectivity index (χ4n) is 13.6. The van der Waals surface area contributed by atoms with Crippen LogP contribution in [0.3, 0.4) is 0 Å². The lowest BCUT2D eigenvalue weighted by Crippen LogP contribution is -2.57. The van der Waals surface area contributed by atoms with Gasteiger partial charge in [-0.05, 0) is 122 Å². The molecule has 386 valence electrons. The van der Waals surface area contributed by atoms with Crippen molar-refractivity contribution in [1.82, 2.24) is 9.13 Å². The highest BCUT2D eigenvalue weighted by Crippen LogP contribution is 2.51. The average Bonchev–Trinajstić information content (AvgIpc) is 3.50. The number of hydrogen-bond donors (Lipinski definition) is 0. The summed E-state index contributed by atoms with van der Waals surface area (Å²) < 4.78 is 24.7. The predicted octanol–water partition coefficient (Wildman–Crippen LogP) is 19.3. The summed E-state index contributed by atoms with van der Waals surface area (Å²) in [5.41, 5.74) is 17.5. The third kappa shape index (κ3) is 6.89. The molecule has 0 fully saturated rings. The molecule has 0 atom stereocenters. The van der Waals surface area contributed by atoms with Gasteiger partial charge in [0.1, 0.15) is 23.0 Å². The van der Waals surface area contributed by atoms with E-state index in [9.17, 15) is 0 Å². The van der Waals surface area contributed by atoms with Gasteiger partial charge < -0.3 is 18.6 Å². The lowest BCUT2D eigenvalue weighted by Gasteiger charge is -2.34. The van der Waals surface area contributed by atoms with Crippen LogP contribution >= 0.6 is 22.7 Å². The van der Waals surface area contributed by atoms with Crippen molar-refractivity contribution in [3.8, 4) is 56.6 Å². The summed E-state index contributed by atoms with van der Waals surface area (Å²) in [6, 6.07) is 79.0. The number of benzene rings is 11. The van der Waals surface area contributed by atoms with Crippen LogP contribution in [-0.4, -0.2) is 15.8 Å². The smallest absolute Gasteiger partial charge is 0.260 e. The third-order valence-electron chi connectivity index (χ3n) is 17.5. The summed E-state index contributed by atoms with van der Waals surface area (Å²) in [5.74, 6) is 3.33. The van der Waals surface area contributed by atoms with Crippen LogP contribution in [-0.2, 0) is 10.8 Å². The van der Waals surface area contributed by atoms with Crippen molar-refractivity contribution in [3.63, 3.8) is 0 Å². The lowest BCUT2D eigenvalue weighted by molar-refractivity contribution is 0.465. The number of hydrogen-bond acceptors (Lipinski definition) is 4. The Hall–Kier alpha value is -8.88. The van der Waals surface area contributed by atoms with Crippen molar-refractivity contribution in [1.29, 1.82) is 0 Å². The highest BCUT2D eigenvalue weighted by atomic mass is 32.1. The number of rotatable bonds is 4. The van der Waals surface area contributed by atoms with Gasteiger partial charge in [-0.25, -0.2) is 0 Å². The number of fused-ring (bicyclic) bond motifs is 17. The molecule has 81 heavy (non-hydrogen) atoms. The second-order valence-electron chi connectivity index (χ2n) is 24.4. The number of nitrogens with zero attached hydrogens (tertiary/aromatic N) is 2. The molecule has 0 spiro atoms. The molecule has 0 saturated heterocycles. The van der Waals surface area contributed by atoms with Crippen LogP contribution in [0.2, 0.25) is 0 Å². The fourth-order valence-corrected chi connectivity index (χ4v) is 16.1. The summed E-state index contributed by atoms with van der Waals surface area (Å²) in [6.07, 6.45) is 0. The van der Waals surface area contributed by atoms with Crippen LogP contribution in [0.1, 0.15) is 52.7 Å². The van der Waals surface area contributed by atoms with E-state index in [4.69, 9.17) is 9.47 Å². The molecule has 0 saturated carbocycles. The van der Waals surface area contributed by atoms with Crippen molar-refractivity contribution >= 4 is 130 Å². The van der Waals surface area contributed by atoms with E-state index in [1.165, 1.54) is 95.2 Å². The quantitative estimate of drug-likeness (QED) is 0.164. The molecule has 11 aromatic carbocycles. The molecule has 15 aromatic rings. The molecule has 4 nitrogen and oxygen atoms in total. The minimum Gasteiger partial charge on any atom is -0.458 e. The minimum absolute atomic E-state index is 0.000964. The van der Waals surface area contributed by atoms with E-state index in [0.717, 1.165) is 72.9 Å². The predicted molar refractivity (Wildman–Crippen MR) is 347 cm³/mol. The standard InChI is InChI=1S/C74H53BN2O2S2/c1-73(2,3)44-27-33-60-54(37-44)55-38-45(74(4,5)6)28-34-61(55)77(60)47-30-32-57-63(40-47)79-65-36-43(35-64-70(65)75(57)56-31-29-46(39-62(56)78-64)76-58-24-13-10-19-49(58)50-20-11-14-25-59(50)76)48-22-16-23-52-68-67(81-71(48)52)41-53(42-17-8-7-9-18-42)72-69(68)51-21-12-15-26-66(51)80-72/h7-41H,1-6H3. The molecular weight excluding hydrogens is 1020 g/mol. The summed E-state index contributed by atoms with van der Waals surface area (Å²) in [7, 11) is 0. The maximum atomic E-state index is 7.41. The second-order valence-corrected chi connectivity index (χ2v) is 26.5. The van der Waals surface area contributed by atoms with Crippen LogP contribution in [0, 0.1) is 0 Å². The molecule has 0 N–H and O–H groups in total. The van der Waals surface area contributed by atoms with Gasteiger partial charge >= 0.3 is 0 Å². The number of aromatic nitrogens is 2. The largest absolute Gasteiger partial charge is 0.458 e. The van der Waals surface area contributed by atoms with Gasteiger partial charge in [0, 0.05) is 96.4 Å². The Kier molecular flexibility index (Phi) is 9.77. The van der Waals surface area contributed by atoms with E-state index < -0.39 is 0 Å². The Bertz CT molecular complexity index is 5090. The van der Waals surface area contributed by atoms with Crippen molar-refractivity contribution in [2.24, 2.45) is 0 Å². The van der Waals surface area contributed by atoms with Gasteiger partial charge in [-0.15, -0.1) is 22.7 Å². The third-order valence-corrected chi connectivity index (χ3v) is 19.9. The molecule has 0 unspecified atom stereocenters. The van der Waals surface area contributed by atoms with Gasteiger partial charge in [0.25, 0.3) is 6.71 Å². The van der Waals surface area contributed by atoms with Gasteiger partial charge in [0.2, 0.25) is 0 Å². The number of para-hydroxylation sites is 2. The van der Waals surface area contributed by atoms with Crippen molar-refractivity contribution in [2.45, 2.75) is 52.4 Å². The first-order chi connectivity index (χ1) is 39.4. The van der Waals surface area contributed by atoms with Gasteiger partial charge in [-0.3, -0.25) is 0 Å². The van der Waals surface area contributed by atoms with Crippen LogP contribution in [0.4, 0.5) is 0 Å². The highest BCUT2D eigenvalue weighted by Gasteiger charge is 2.41. The Morgan fingerprint density at radius 2 is 0.877 bits per heavy atom. The first-order valence-corrected chi connectivity index (χ1v) is 29.8. The first kappa shape index (κ1) is 47.0. The number of thiophene rings is 2. The molecule has 4 aromatic heterocycles. The molecule has 2 aliphatic heterocycles. The summed E-state index contributed by atoms with van der Waals surface area (Å²) >= 11 is 3.79. The fraction of sp³-hybridized carbons (Fsp3) is 0.108. The summed E-state index contributed by atoms with van der Waals surface area (Å²) in [5, 5.41) is 10.2. The normalized spacial score (nSPS) is 13.2. The Balaban J connectivity index is 0.888. The van der Waals surface area contributed by atoms with E-state index in [0.29, 0.717) is 0 Å². The molecule has 7 heteroatoms. The zero-order valence-corrected chi connectivity index (χ0v) is 47.4. The monoisotopic (exact) mass is 1080 g/mol. The van der Waals surface area contributed by atoms with E-state index >= 15 is 0 Å². The van der Waals surface area contributed by atoms with Gasteiger partial charge in [0.05, 0.1) is 22.1 Å². The molecule has 6 heterocycles. The Morgan fingerprint density at radius 1 is 0.358 bits per heavy atom. The maximum absolute atomic E-state index is 7.41. The maximum Gasteiger partial charge on any atom is 0.260 e. The number of ether oxygens (including phenoxy) is 2. The molecule has 0 amide bonds. The minimum atomic E-state index is -0.142. The van der Waals surface area contributed by atoms with Crippen LogP contribution in [0.15, 0.2) is 212 Å². The van der Waals surface area contributed by atoms with Crippen LogP contribution in [0.5, 0.6) is 23.0 Å². The molecular formula is C74H53BN2O2S2.